The van der Waals surface area contributed by atoms with Gasteiger partial charge >= 0.3 is 0 Å². The van der Waals surface area contributed by atoms with Gasteiger partial charge in [-0.3, -0.25) is 4.98 Å². The highest BCUT2D eigenvalue weighted by Gasteiger charge is 2.15. The van der Waals surface area contributed by atoms with Gasteiger partial charge in [0.05, 0.1) is 0 Å². The van der Waals surface area contributed by atoms with Crippen molar-refractivity contribution in [1.29, 1.82) is 0 Å². The van der Waals surface area contributed by atoms with E-state index in [4.69, 9.17) is 0 Å². The van der Waals surface area contributed by atoms with Gasteiger partial charge in [0, 0.05) is 31.2 Å². The van der Waals surface area contributed by atoms with Crippen molar-refractivity contribution >= 4 is 5.69 Å². The average Bonchev–Trinajstić information content (AvgIpc) is 2.19. The predicted octanol–water partition coefficient (Wildman–Crippen LogP) is 2.32. The van der Waals surface area contributed by atoms with Crippen molar-refractivity contribution in [3.05, 3.63) is 24.5 Å². The molecule has 1 aromatic heterocycles. The van der Waals surface area contributed by atoms with Crippen LogP contribution >= 0.6 is 0 Å². The number of hydrogen-bond acceptors (Lipinski definition) is 2. The van der Waals surface area contributed by atoms with E-state index in [9.17, 15) is 0 Å². The molecule has 1 aromatic rings. The van der Waals surface area contributed by atoms with Crippen molar-refractivity contribution in [3.63, 3.8) is 0 Å². The van der Waals surface area contributed by atoms with E-state index in [1.54, 1.807) is 0 Å². The Hall–Kier alpha value is -1.05. The van der Waals surface area contributed by atoms with E-state index >= 15 is 0 Å². The van der Waals surface area contributed by atoms with Crippen LogP contribution in [0.1, 0.15) is 19.8 Å². The van der Waals surface area contributed by atoms with Gasteiger partial charge in [0.15, 0.2) is 0 Å². The van der Waals surface area contributed by atoms with Gasteiger partial charge in [0.2, 0.25) is 0 Å². The van der Waals surface area contributed by atoms with Crippen LogP contribution in [-0.4, -0.2) is 18.1 Å². The highest BCUT2D eigenvalue weighted by atomic mass is 15.1. The molecule has 1 aliphatic heterocycles. The minimum atomic E-state index is 0.835. The molecule has 0 radical (unpaired) electrons. The molecule has 13 heavy (non-hydrogen) atoms. The topological polar surface area (TPSA) is 16.1 Å². The molecule has 2 heterocycles. The van der Waals surface area contributed by atoms with Crippen LogP contribution in [0.15, 0.2) is 24.5 Å². The minimum absolute atomic E-state index is 0.835. The van der Waals surface area contributed by atoms with Crippen molar-refractivity contribution in [2.24, 2.45) is 5.92 Å². The summed E-state index contributed by atoms with van der Waals surface area (Å²) < 4.78 is 0. The summed E-state index contributed by atoms with van der Waals surface area (Å²) in [5, 5.41) is 0. The number of anilines is 1. The lowest BCUT2D eigenvalue weighted by atomic mass is 10.00. The smallest absolute Gasteiger partial charge is 0.0397 e. The molecular weight excluding hydrogens is 160 g/mol. The molecular formula is C11H16N2. The summed E-state index contributed by atoms with van der Waals surface area (Å²) in [4.78, 5) is 6.49. The third-order valence-corrected chi connectivity index (χ3v) is 2.68. The number of piperidine rings is 1. The van der Waals surface area contributed by atoms with Gasteiger partial charge in [-0.05, 0) is 30.9 Å². The van der Waals surface area contributed by atoms with E-state index in [1.807, 2.05) is 12.4 Å². The Morgan fingerprint density at radius 1 is 1.38 bits per heavy atom. The minimum Gasteiger partial charge on any atom is -0.371 e. The largest absolute Gasteiger partial charge is 0.371 e. The monoisotopic (exact) mass is 176 g/mol. The van der Waals surface area contributed by atoms with Gasteiger partial charge in [0.25, 0.3) is 0 Å². The molecule has 1 atom stereocenters. The fourth-order valence-corrected chi connectivity index (χ4v) is 1.98. The van der Waals surface area contributed by atoms with E-state index < -0.39 is 0 Å². The number of rotatable bonds is 1. The Kier molecular flexibility index (Phi) is 2.48. The van der Waals surface area contributed by atoms with Crippen LogP contribution in [0, 0.1) is 5.92 Å². The Bertz CT molecular complexity index is 258. The quantitative estimate of drug-likeness (QED) is 0.652. The SMILES string of the molecule is CC1CCCN(c2ccncc2)C1. The van der Waals surface area contributed by atoms with E-state index in [0.717, 1.165) is 5.92 Å². The van der Waals surface area contributed by atoms with E-state index in [2.05, 4.69) is 28.9 Å². The third kappa shape index (κ3) is 2.00. The molecule has 0 bridgehead atoms. The van der Waals surface area contributed by atoms with E-state index in [1.165, 1.54) is 31.6 Å². The second kappa shape index (κ2) is 3.77. The van der Waals surface area contributed by atoms with Crippen molar-refractivity contribution in [3.8, 4) is 0 Å². The maximum absolute atomic E-state index is 4.03. The van der Waals surface area contributed by atoms with Crippen LogP contribution in [0.5, 0.6) is 0 Å². The first-order chi connectivity index (χ1) is 6.36. The lowest BCUT2D eigenvalue weighted by Crippen LogP contribution is -2.34. The molecule has 1 unspecified atom stereocenters. The normalized spacial score (nSPS) is 23.2. The molecule has 70 valence electrons. The summed E-state index contributed by atoms with van der Waals surface area (Å²) in [5.74, 6) is 0.835. The van der Waals surface area contributed by atoms with Crippen LogP contribution in [0.4, 0.5) is 5.69 Å². The second-order valence-corrected chi connectivity index (χ2v) is 3.90. The maximum atomic E-state index is 4.03. The molecule has 0 aliphatic carbocycles. The van der Waals surface area contributed by atoms with Gasteiger partial charge in [-0.15, -0.1) is 0 Å². The molecule has 0 saturated carbocycles. The van der Waals surface area contributed by atoms with Crippen LogP contribution in [0.25, 0.3) is 0 Å². The molecule has 0 aromatic carbocycles. The molecule has 1 aliphatic rings. The van der Waals surface area contributed by atoms with Crippen molar-refractivity contribution < 1.29 is 0 Å². The molecule has 2 nitrogen and oxygen atoms in total. The number of nitrogens with zero attached hydrogens (tertiary/aromatic N) is 2. The highest BCUT2D eigenvalue weighted by molar-refractivity contribution is 5.44. The maximum Gasteiger partial charge on any atom is 0.0397 e. The second-order valence-electron chi connectivity index (χ2n) is 3.90. The highest BCUT2D eigenvalue weighted by Crippen LogP contribution is 2.21. The zero-order valence-electron chi connectivity index (χ0n) is 8.11. The Morgan fingerprint density at radius 3 is 2.85 bits per heavy atom. The molecule has 1 fully saturated rings. The summed E-state index contributed by atoms with van der Waals surface area (Å²) in [6.45, 7) is 4.73. The Labute approximate surface area is 79.6 Å². The van der Waals surface area contributed by atoms with Crippen LogP contribution in [0.2, 0.25) is 0 Å². The summed E-state index contributed by atoms with van der Waals surface area (Å²) in [7, 11) is 0. The summed E-state index contributed by atoms with van der Waals surface area (Å²) in [6, 6.07) is 4.19. The molecule has 1 saturated heterocycles. The predicted molar refractivity (Wildman–Crippen MR) is 54.8 cm³/mol. The molecule has 2 heteroatoms. The van der Waals surface area contributed by atoms with Gasteiger partial charge in [0.1, 0.15) is 0 Å². The number of pyridine rings is 1. The van der Waals surface area contributed by atoms with E-state index in [0.29, 0.717) is 0 Å². The standard InChI is InChI=1S/C11H16N2/c1-10-3-2-8-13(9-10)11-4-6-12-7-5-11/h4-7,10H,2-3,8-9H2,1H3. The molecule has 2 rings (SSSR count). The first-order valence-corrected chi connectivity index (χ1v) is 5.01. The van der Waals surface area contributed by atoms with E-state index in [-0.39, 0.29) is 0 Å². The summed E-state index contributed by atoms with van der Waals surface area (Å²) >= 11 is 0. The Balaban J connectivity index is 2.08. The van der Waals surface area contributed by atoms with Gasteiger partial charge in [-0.25, -0.2) is 0 Å². The lowest BCUT2D eigenvalue weighted by Gasteiger charge is -2.32. The van der Waals surface area contributed by atoms with Crippen molar-refractivity contribution in [1.82, 2.24) is 4.98 Å². The first-order valence-electron chi connectivity index (χ1n) is 5.01. The van der Waals surface area contributed by atoms with Crippen LogP contribution in [0.3, 0.4) is 0 Å². The fourth-order valence-electron chi connectivity index (χ4n) is 1.98. The van der Waals surface area contributed by atoms with Crippen molar-refractivity contribution in [2.75, 3.05) is 18.0 Å². The Morgan fingerprint density at radius 2 is 2.15 bits per heavy atom. The van der Waals surface area contributed by atoms with Crippen molar-refractivity contribution in [2.45, 2.75) is 19.8 Å². The lowest BCUT2D eigenvalue weighted by molar-refractivity contribution is 0.447. The third-order valence-electron chi connectivity index (χ3n) is 2.68. The van der Waals surface area contributed by atoms with Gasteiger partial charge < -0.3 is 4.90 Å². The zero-order chi connectivity index (χ0) is 9.10. The van der Waals surface area contributed by atoms with Gasteiger partial charge in [-0.2, -0.15) is 0 Å². The first kappa shape index (κ1) is 8.54. The molecule has 0 spiro atoms. The summed E-state index contributed by atoms with van der Waals surface area (Å²) in [6.07, 6.45) is 6.44. The van der Waals surface area contributed by atoms with Crippen LogP contribution in [-0.2, 0) is 0 Å². The zero-order valence-corrected chi connectivity index (χ0v) is 8.11. The summed E-state index contributed by atoms with van der Waals surface area (Å²) in [5.41, 5.74) is 1.32. The number of hydrogen-bond donors (Lipinski definition) is 0. The average molecular weight is 176 g/mol. The molecule has 0 amide bonds. The van der Waals surface area contributed by atoms with Crippen LogP contribution < -0.4 is 4.90 Å². The fraction of sp³-hybridized carbons (Fsp3) is 0.545. The van der Waals surface area contributed by atoms with Gasteiger partial charge in [-0.1, -0.05) is 6.92 Å². The molecule has 0 N–H and O–H groups in total. The number of aromatic nitrogens is 1.